The summed E-state index contributed by atoms with van der Waals surface area (Å²) < 4.78 is 5.83. The quantitative estimate of drug-likeness (QED) is 0.121. The number of H-pyrrole nitrogens is 1. The van der Waals surface area contributed by atoms with Crippen LogP contribution in [0.2, 0.25) is 0 Å². The van der Waals surface area contributed by atoms with Crippen LogP contribution in [0, 0.1) is 0 Å². The van der Waals surface area contributed by atoms with E-state index in [2.05, 4.69) is 46.1 Å². The lowest BCUT2D eigenvalue weighted by Gasteiger charge is -2.11. The number of anilines is 1. The second kappa shape index (κ2) is 12.0. The van der Waals surface area contributed by atoms with Gasteiger partial charge in [-0.05, 0) is 85.4 Å². The number of aromatic nitrogens is 1. The van der Waals surface area contributed by atoms with Crippen LogP contribution in [-0.4, -0.2) is 36.8 Å². The molecular formula is C31H29N3O3S. The summed E-state index contributed by atoms with van der Waals surface area (Å²) >= 11 is 1.75. The molecule has 1 heterocycles. The summed E-state index contributed by atoms with van der Waals surface area (Å²) in [6.45, 7) is 2.19. The van der Waals surface area contributed by atoms with E-state index in [-0.39, 0.29) is 11.3 Å². The largest absolute Gasteiger partial charge is 0.492 e. The SMILES string of the molecule is CSc1ccc(CCNCCOc2ccc(NC(=O)c3cccc4c(=O)c5ccccc5[nH]c34)cc2)cc1. The lowest BCUT2D eigenvalue weighted by Crippen LogP contribution is -2.23. The van der Waals surface area contributed by atoms with Gasteiger partial charge in [0.25, 0.3) is 5.91 Å². The van der Waals surface area contributed by atoms with Gasteiger partial charge >= 0.3 is 0 Å². The van der Waals surface area contributed by atoms with Crippen LogP contribution < -0.4 is 20.8 Å². The Kier molecular flexibility index (Phi) is 8.06. The van der Waals surface area contributed by atoms with E-state index in [1.54, 1.807) is 36.0 Å². The van der Waals surface area contributed by atoms with Gasteiger partial charge in [-0.1, -0.05) is 30.3 Å². The number of carbonyl (C=O) groups excluding carboxylic acids is 1. The molecule has 6 nitrogen and oxygen atoms in total. The van der Waals surface area contributed by atoms with Crippen LogP contribution in [0.15, 0.2) is 101 Å². The lowest BCUT2D eigenvalue weighted by atomic mass is 10.1. The van der Waals surface area contributed by atoms with Crippen molar-refractivity contribution in [3.05, 3.63) is 112 Å². The summed E-state index contributed by atoms with van der Waals surface area (Å²) in [5, 5.41) is 7.42. The number of pyridine rings is 1. The van der Waals surface area contributed by atoms with Gasteiger partial charge in [-0.2, -0.15) is 0 Å². The first-order valence-corrected chi connectivity index (χ1v) is 13.8. The highest BCUT2D eigenvalue weighted by atomic mass is 32.2. The van der Waals surface area contributed by atoms with Crippen molar-refractivity contribution in [3.63, 3.8) is 0 Å². The first kappa shape index (κ1) is 25.6. The highest BCUT2D eigenvalue weighted by Gasteiger charge is 2.14. The monoisotopic (exact) mass is 523 g/mol. The topological polar surface area (TPSA) is 83.2 Å². The minimum Gasteiger partial charge on any atom is -0.492 e. The van der Waals surface area contributed by atoms with Crippen LogP contribution in [-0.2, 0) is 6.42 Å². The van der Waals surface area contributed by atoms with Gasteiger partial charge in [-0.25, -0.2) is 0 Å². The summed E-state index contributed by atoms with van der Waals surface area (Å²) in [6, 6.07) is 28.4. The predicted octanol–water partition coefficient (Wildman–Crippen LogP) is 5.87. The summed E-state index contributed by atoms with van der Waals surface area (Å²) in [4.78, 5) is 30.5. The molecule has 38 heavy (non-hydrogen) atoms. The van der Waals surface area contributed by atoms with Crippen molar-refractivity contribution in [2.75, 3.05) is 31.3 Å². The molecule has 0 aliphatic heterocycles. The van der Waals surface area contributed by atoms with Crippen molar-refractivity contribution < 1.29 is 9.53 Å². The van der Waals surface area contributed by atoms with Gasteiger partial charge in [-0.15, -0.1) is 11.8 Å². The molecule has 0 fully saturated rings. The van der Waals surface area contributed by atoms with E-state index in [0.29, 0.717) is 39.7 Å². The standard InChI is InChI=1S/C31H29N3O3S/c1-38-24-15-9-21(10-16-24)17-18-32-19-20-37-23-13-11-22(12-14-23)33-31(36)27-7-4-6-26-29(27)34-28-8-3-2-5-25(28)30(26)35/h2-16,32H,17-20H2,1H3,(H,33,36)(H,34,35). The molecule has 5 rings (SSSR count). The number of ether oxygens (including phenoxy) is 1. The van der Waals surface area contributed by atoms with E-state index in [0.717, 1.165) is 25.3 Å². The highest BCUT2D eigenvalue weighted by Crippen LogP contribution is 2.21. The number of amides is 1. The van der Waals surface area contributed by atoms with Crippen molar-refractivity contribution in [2.45, 2.75) is 11.3 Å². The smallest absolute Gasteiger partial charge is 0.257 e. The first-order valence-electron chi connectivity index (χ1n) is 12.5. The molecular weight excluding hydrogens is 494 g/mol. The van der Waals surface area contributed by atoms with E-state index in [4.69, 9.17) is 4.74 Å². The van der Waals surface area contributed by atoms with Crippen LogP contribution in [0.25, 0.3) is 21.8 Å². The van der Waals surface area contributed by atoms with Crippen LogP contribution in [0.4, 0.5) is 5.69 Å². The molecule has 192 valence electrons. The molecule has 7 heteroatoms. The minimum absolute atomic E-state index is 0.0928. The number of nitrogens with one attached hydrogen (secondary N) is 3. The zero-order valence-corrected chi connectivity index (χ0v) is 21.9. The number of rotatable bonds is 10. The van der Waals surface area contributed by atoms with Crippen molar-refractivity contribution in [2.24, 2.45) is 0 Å². The molecule has 0 saturated carbocycles. The van der Waals surface area contributed by atoms with Crippen molar-refractivity contribution in [3.8, 4) is 5.75 Å². The Labute approximate surface area is 225 Å². The van der Waals surface area contributed by atoms with Crippen LogP contribution >= 0.6 is 11.8 Å². The second-order valence-electron chi connectivity index (χ2n) is 8.90. The maximum atomic E-state index is 13.1. The molecule has 0 aliphatic carbocycles. The van der Waals surface area contributed by atoms with Gasteiger partial charge in [0.05, 0.1) is 11.1 Å². The fraction of sp³-hybridized carbons (Fsp3) is 0.161. The molecule has 0 saturated heterocycles. The molecule has 3 N–H and O–H groups in total. The van der Waals surface area contributed by atoms with Crippen molar-refractivity contribution in [1.82, 2.24) is 10.3 Å². The van der Waals surface area contributed by atoms with E-state index in [9.17, 15) is 9.59 Å². The number of hydrogen-bond donors (Lipinski definition) is 3. The molecule has 0 unspecified atom stereocenters. The van der Waals surface area contributed by atoms with Gasteiger partial charge < -0.3 is 20.4 Å². The predicted molar refractivity (Wildman–Crippen MR) is 157 cm³/mol. The maximum Gasteiger partial charge on any atom is 0.257 e. The van der Waals surface area contributed by atoms with Crippen LogP contribution in [0.5, 0.6) is 5.75 Å². The zero-order valence-electron chi connectivity index (χ0n) is 21.1. The van der Waals surface area contributed by atoms with Crippen LogP contribution in [0.1, 0.15) is 15.9 Å². The van der Waals surface area contributed by atoms with Gasteiger partial charge in [0, 0.05) is 33.4 Å². The van der Waals surface area contributed by atoms with Gasteiger partial charge in [0.1, 0.15) is 12.4 Å². The third-order valence-corrected chi connectivity index (χ3v) is 7.14. The van der Waals surface area contributed by atoms with Crippen molar-refractivity contribution >= 4 is 45.2 Å². The fourth-order valence-corrected chi connectivity index (χ4v) is 4.77. The van der Waals surface area contributed by atoms with Crippen molar-refractivity contribution in [1.29, 1.82) is 0 Å². The Hall–Kier alpha value is -4.07. The molecule has 5 aromatic rings. The summed E-state index contributed by atoms with van der Waals surface area (Å²) in [5.74, 6) is 0.445. The molecule has 0 radical (unpaired) electrons. The second-order valence-corrected chi connectivity index (χ2v) is 9.78. The molecule has 0 bridgehead atoms. The molecule has 4 aromatic carbocycles. The molecule has 1 aromatic heterocycles. The number of thioether (sulfide) groups is 1. The van der Waals surface area contributed by atoms with E-state index in [1.165, 1.54) is 10.5 Å². The minimum atomic E-state index is -0.289. The first-order chi connectivity index (χ1) is 18.6. The third-order valence-electron chi connectivity index (χ3n) is 6.39. The molecule has 0 atom stereocenters. The number of aromatic amines is 1. The fourth-order valence-electron chi connectivity index (χ4n) is 4.36. The van der Waals surface area contributed by atoms with E-state index >= 15 is 0 Å². The normalized spacial score (nSPS) is 11.1. The van der Waals surface area contributed by atoms with Gasteiger partial charge in [-0.3, -0.25) is 9.59 Å². The summed E-state index contributed by atoms with van der Waals surface area (Å²) in [7, 11) is 0. The highest BCUT2D eigenvalue weighted by molar-refractivity contribution is 7.98. The maximum absolute atomic E-state index is 13.1. The Morgan fingerprint density at radius 2 is 1.63 bits per heavy atom. The Morgan fingerprint density at radius 3 is 2.42 bits per heavy atom. The number of carbonyl (C=O) groups is 1. The molecule has 1 amide bonds. The number of fused-ring (bicyclic) bond motifs is 2. The van der Waals surface area contributed by atoms with Gasteiger partial charge in [0.2, 0.25) is 0 Å². The number of benzene rings is 4. The average Bonchev–Trinajstić information content (AvgIpc) is 2.96. The number of para-hydroxylation sites is 2. The zero-order chi connectivity index (χ0) is 26.3. The van der Waals surface area contributed by atoms with E-state index in [1.807, 2.05) is 42.5 Å². The summed E-state index contributed by atoms with van der Waals surface area (Å²) in [5.41, 5.74) is 3.51. The van der Waals surface area contributed by atoms with Crippen LogP contribution in [0.3, 0.4) is 0 Å². The average molecular weight is 524 g/mol. The Bertz CT molecular complexity index is 1610. The Morgan fingerprint density at radius 1 is 0.868 bits per heavy atom. The van der Waals surface area contributed by atoms with E-state index < -0.39 is 0 Å². The summed E-state index contributed by atoms with van der Waals surface area (Å²) in [6.07, 6.45) is 3.06. The molecule has 0 spiro atoms. The number of hydrogen-bond acceptors (Lipinski definition) is 5. The third kappa shape index (κ3) is 5.90. The Balaban J connectivity index is 1.14. The van der Waals surface area contributed by atoms with Gasteiger partial charge in [0.15, 0.2) is 5.43 Å². The lowest BCUT2D eigenvalue weighted by molar-refractivity contribution is 0.102. The molecule has 0 aliphatic rings.